The zero-order valence-corrected chi connectivity index (χ0v) is 14.1. The minimum atomic E-state index is -1.04. The zero-order chi connectivity index (χ0) is 17.3. The molecule has 1 unspecified atom stereocenters. The summed E-state index contributed by atoms with van der Waals surface area (Å²) in [5.41, 5.74) is -0.689. The SMILES string of the molecule is CN(CC(C)(O)C1CCCCC1)c1ccn2c(C(=O)O)cnc2n1. The van der Waals surface area contributed by atoms with Crippen molar-refractivity contribution in [1.82, 2.24) is 14.4 Å². The first-order valence-electron chi connectivity index (χ1n) is 8.39. The smallest absolute Gasteiger partial charge is 0.354 e. The van der Waals surface area contributed by atoms with Crippen molar-refractivity contribution < 1.29 is 15.0 Å². The number of carboxylic acids is 1. The molecule has 1 fully saturated rings. The van der Waals surface area contributed by atoms with Crippen LogP contribution in [0.2, 0.25) is 0 Å². The van der Waals surface area contributed by atoms with Crippen LogP contribution in [0.4, 0.5) is 5.82 Å². The molecule has 1 aliphatic carbocycles. The average Bonchev–Trinajstić information content (AvgIpc) is 2.98. The Hall–Kier alpha value is -2.15. The number of anilines is 1. The predicted molar refractivity (Wildman–Crippen MR) is 90.4 cm³/mol. The molecule has 2 N–H and O–H groups in total. The van der Waals surface area contributed by atoms with E-state index in [2.05, 4.69) is 9.97 Å². The average molecular weight is 332 g/mol. The van der Waals surface area contributed by atoms with Gasteiger partial charge in [-0.3, -0.25) is 4.40 Å². The maximum absolute atomic E-state index is 11.1. The number of fused-ring (bicyclic) bond motifs is 1. The van der Waals surface area contributed by atoms with Crippen LogP contribution in [0.15, 0.2) is 18.5 Å². The normalized spacial score (nSPS) is 18.5. The maximum atomic E-state index is 11.1. The molecule has 1 saturated carbocycles. The van der Waals surface area contributed by atoms with Crippen molar-refractivity contribution in [3.05, 3.63) is 24.2 Å². The number of imidazole rings is 1. The summed E-state index contributed by atoms with van der Waals surface area (Å²) in [6, 6.07) is 1.75. The van der Waals surface area contributed by atoms with Gasteiger partial charge in [0.1, 0.15) is 5.82 Å². The van der Waals surface area contributed by atoms with E-state index in [9.17, 15) is 9.90 Å². The molecule has 2 aromatic heterocycles. The van der Waals surface area contributed by atoms with Gasteiger partial charge in [0.25, 0.3) is 0 Å². The summed E-state index contributed by atoms with van der Waals surface area (Å²) >= 11 is 0. The van der Waals surface area contributed by atoms with Crippen molar-refractivity contribution in [3.63, 3.8) is 0 Å². The second kappa shape index (κ2) is 6.39. The van der Waals surface area contributed by atoms with Crippen LogP contribution in [0.3, 0.4) is 0 Å². The van der Waals surface area contributed by atoms with E-state index in [1.165, 1.54) is 29.9 Å². The molecule has 1 aliphatic rings. The van der Waals surface area contributed by atoms with Crippen molar-refractivity contribution in [3.8, 4) is 0 Å². The molecule has 0 aromatic carbocycles. The van der Waals surface area contributed by atoms with Gasteiger partial charge in [0.05, 0.1) is 11.8 Å². The van der Waals surface area contributed by atoms with E-state index in [1.54, 1.807) is 12.3 Å². The van der Waals surface area contributed by atoms with Crippen LogP contribution in [-0.4, -0.2) is 49.7 Å². The van der Waals surface area contributed by atoms with E-state index in [-0.39, 0.29) is 5.69 Å². The molecule has 0 aliphatic heterocycles. The summed E-state index contributed by atoms with van der Waals surface area (Å²) in [5, 5.41) is 20.0. The van der Waals surface area contributed by atoms with E-state index in [0.29, 0.717) is 24.1 Å². The van der Waals surface area contributed by atoms with Gasteiger partial charge in [-0.15, -0.1) is 0 Å². The van der Waals surface area contributed by atoms with Crippen LogP contribution >= 0.6 is 0 Å². The van der Waals surface area contributed by atoms with Gasteiger partial charge < -0.3 is 15.1 Å². The van der Waals surface area contributed by atoms with Gasteiger partial charge in [-0.1, -0.05) is 19.3 Å². The summed E-state index contributed by atoms with van der Waals surface area (Å²) in [6.45, 7) is 2.38. The third-order valence-electron chi connectivity index (χ3n) is 5.02. The standard InChI is InChI=1S/C17H24N4O3/c1-17(24,12-6-4-3-5-7-12)11-20(2)14-8-9-21-13(15(22)23)10-18-16(21)19-14/h8-10,12,24H,3-7,11H2,1-2H3,(H,22,23). The molecule has 1 atom stereocenters. The number of carbonyl (C=O) groups is 1. The number of rotatable bonds is 5. The molecule has 2 aromatic rings. The second-order valence-electron chi connectivity index (χ2n) is 6.95. The van der Waals surface area contributed by atoms with Crippen molar-refractivity contribution in [1.29, 1.82) is 0 Å². The second-order valence-corrected chi connectivity index (χ2v) is 6.95. The highest BCUT2D eigenvalue weighted by molar-refractivity contribution is 5.86. The molecule has 130 valence electrons. The summed E-state index contributed by atoms with van der Waals surface area (Å²) in [4.78, 5) is 21.5. The van der Waals surface area contributed by atoms with Crippen molar-refractivity contribution in [2.45, 2.75) is 44.6 Å². The van der Waals surface area contributed by atoms with Crippen molar-refractivity contribution in [2.24, 2.45) is 5.92 Å². The lowest BCUT2D eigenvalue weighted by Gasteiger charge is -2.38. The van der Waals surface area contributed by atoms with Gasteiger partial charge in [-0.25, -0.2) is 9.78 Å². The fourth-order valence-electron chi connectivity index (χ4n) is 3.65. The highest BCUT2D eigenvalue weighted by atomic mass is 16.4. The molecule has 2 heterocycles. The van der Waals surface area contributed by atoms with Gasteiger partial charge in [-0.05, 0) is 31.7 Å². The Balaban J connectivity index is 1.78. The highest BCUT2D eigenvalue weighted by Crippen LogP contribution is 2.33. The number of hydrogen-bond acceptors (Lipinski definition) is 5. The van der Waals surface area contributed by atoms with Gasteiger partial charge >= 0.3 is 5.97 Å². The highest BCUT2D eigenvalue weighted by Gasteiger charge is 2.34. The van der Waals surface area contributed by atoms with E-state index < -0.39 is 11.6 Å². The van der Waals surface area contributed by atoms with E-state index >= 15 is 0 Å². The maximum Gasteiger partial charge on any atom is 0.354 e. The largest absolute Gasteiger partial charge is 0.477 e. The van der Waals surface area contributed by atoms with Crippen LogP contribution in [0, 0.1) is 5.92 Å². The first-order valence-corrected chi connectivity index (χ1v) is 8.39. The molecule has 0 spiro atoms. The number of likely N-dealkylation sites (N-methyl/N-ethyl adjacent to an activating group) is 1. The fraction of sp³-hybridized carbons (Fsp3) is 0.588. The van der Waals surface area contributed by atoms with Crippen molar-refractivity contribution >= 4 is 17.6 Å². The van der Waals surface area contributed by atoms with Gasteiger partial charge in [0, 0.05) is 19.8 Å². The third-order valence-corrected chi connectivity index (χ3v) is 5.02. The molecule has 0 saturated heterocycles. The quantitative estimate of drug-likeness (QED) is 0.872. The van der Waals surface area contributed by atoms with Crippen LogP contribution in [0.5, 0.6) is 0 Å². The lowest BCUT2D eigenvalue weighted by molar-refractivity contribution is -0.00892. The Kier molecular flexibility index (Phi) is 4.45. The summed E-state index contributed by atoms with van der Waals surface area (Å²) in [7, 11) is 1.89. The predicted octanol–water partition coefficient (Wildman–Crippen LogP) is 2.19. The van der Waals surface area contributed by atoms with Crippen LogP contribution in [0.1, 0.15) is 49.5 Å². The number of nitrogens with zero attached hydrogens (tertiary/aromatic N) is 4. The lowest BCUT2D eigenvalue weighted by atomic mass is 9.77. The van der Waals surface area contributed by atoms with E-state index in [1.807, 2.05) is 18.9 Å². The molecule has 0 bridgehead atoms. The number of aromatic nitrogens is 3. The molecule has 0 amide bonds. The topological polar surface area (TPSA) is 91.0 Å². The van der Waals surface area contributed by atoms with Gasteiger partial charge in [0.2, 0.25) is 5.78 Å². The molecule has 0 radical (unpaired) electrons. The lowest BCUT2D eigenvalue weighted by Crippen LogP contribution is -2.46. The monoisotopic (exact) mass is 332 g/mol. The first-order chi connectivity index (χ1) is 11.4. The van der Waals surface area contributed by atoms with E-state index in [4.69, 9.17) is 5.11 Å². The molecule has 3 rings (SSSR count). The number of hydrogen-bond donors (Lipinski definition) is 2. The molecule has 7 heteroatoms. The Labute approximate surface area is 141 Å². The summed E-state index contributed by atoms with van der Waals surface area (Å²) < 4.78 is 1.44. The summed E-state index contributed by atoms with van der Waals surface area (Å²) in [5.74, 6) is 0.281. The Morgan fingerprint density at radius 3 is 2.79 bits per heavy atom. The van der Waals surface area contributed by atoms with E-state index in [0.717, 1.165) is 12.8 Å². The van der Waals surface area contributed by atoms with Crippen molar-refractivity contribution in [2.75, 3.05) is 18.5 Å². The first kappa shape index (κ1) is 16.7. The Morgan fingerprint density at radius 1 is 1.42 bits per heavy atom. The number of aliphatic hydroxyl groups is 1. The molecular formula is C17H24N4O3. The third kappa shape index (κ3) is 3.21. The fourth-order valence-corrected chi connectivity index (χ4v) is 3.65. The number of carboxylic acid groups (broad SMARTS) is 1. The van der Waals surface area contributed by atoms with Crippen LogP contribution < -0.4 is 4.90 Å². The minimum absolute atomic E-state index is 0.0842. The van der Waals surface area contributed by atoms with Crippen LogP contribution in [0.25, 0.3) is 5.78 Å². The summed E-state index contributed by atoms with van der Waals surface area (Å²) in [6.07, 6.45) is 8.70. The zero-order valence-electron chi connectivity index (χ0n) is 14.1. The Morgan fingerprint density at radius 2 is 2.12 bits per heavy atom. The molecule has 7 nitrogen and oxygen atoms in total. The van der Waals surface area contributed by atoms with Crippen LogP contribution in [-0.2, 0) is 0 Å². The molecule has 24 heavy (non-hydrogen) atoms. The Bertz CT molecular complexity index is 735. The molecular weight excluding hydrogens is 308 g/mol. The van der Waals surface area contributed by atoms with Gasteiger partial charge in [-0.2, -0.15) is 4.98 Å². The minimum Gasteiger partial charge on any atom is -0.477 e. The number of aromatic carboxylic acids is 1. The van der Waals surface area contributed by atoms with Gasteiger partial charge in [0.15, 0.2) is 5.69 Å².